The molecule has 0 bridgehead atoms. The van der Waals surface area contributed by atoms with Crippen molar-refractivity contribution in [3.63, 3.8) is 0 Å². The highest BCUT2D eigenvalue weighted by Crippen LogP contribution is 2.37. The molecule has 3 heteroatoms. The van der Waals surface area contributed by atoms with Crippen molar-refractivity contribution in [2.45, 2.75) is 0 Å². The Bertz CT molecular complexity index is 1840. The van der Waals surface area contributed by atoms with Crippen LogP contribution in [0, 0.1) is 0 Å². The minimum atomic E-state index is 0.812. The lowest BCUT2D eigenvalue weighted by Crippen LogP contribution is -2.09. The van der Waals surface area contributed by atoms with Crippen LogP contribution in [0.1, 0.15) is 0 Å². The van der Waals surface area contributed by atoms with Gasteiger partial charge in [-0.05, 0) is 76.9 Å². The van der Waals surface area contributed by atoms with Gasteiger partial charge >= 0.3 is 0 Å². The number of anilines is 3. The highest BCUT2D eigenvalue weighted by Gasteiger charge is 2.13. The van der Waals surface area contributed by atoms with Crippen LogP contribution in [0.3, 0.4) is 0 Å². The molecule has 0 saturated carbocycles. The average Bonchev–Trinajstić information content (AvgIpc) is 3.37. The first-order valence-corrected chi connectivity index (χ1v) is 12.7. The number of aromatic nitrogens is 1. The van der Waals surface area contributed by atoms with Crippen molar-refractivity contribution in [3.05, 3.63) is 146 Å². The highest BCUT2D eigenvalue weighted by atomic mass is 16.3. The standard InChI is InChI=1S/C35H24N2O/c1-3-7-25(8-4-1)26-11-16-30(17-12-26)37(29-9-5-2-6-10-29)31-18-13-27(14-19-31)28-15-20-32-33-21-22-36-24-35(33)38-34(32)23-28/h1-24H. The lowest BCUT2D eigenvalue weighted by molar-refractivity contribution is 0.667. The van der Waals surface area contributed by atoms with Crippen LogP contribution in [-0.2, 0) is 0 Å². The lowest BCUT2D eigenvalue weighted by Gasteiger charge is -2.26. The second-order valence-electron chi connectivity index (χ2n) is 9.32. The van der Waals surface area contributed by atoms with Crippen LogP contribution in [0.15, 0.2) is 150 Å². The van der Waals surface area contributed by atoms with Crippen LogP contribution in [0.25, 0.3) is 44.2 Å². The van der Waals surface area contributed by atoms with Crippen molar-refractivity contribution >= 4 is 39.0 Å². The van der Waals surface area contributed by atoms with E-state index in [9.17, 15) is 0 Å². The van der Waals surface area contributed by atoms with Crippen LogP contribution in [0.2, 0.25) is 0 Å². The molecule has 0 atom stereocenters. The van der Waals surface area contributed by atoms with Gasteiger partial charge in [-0.25, -0.2) is 0 Å². The Hall–Kier alpha value is -5.15. The third-order valence-corrected chi connectivity index (χ3v) is 6.98. The molecule has 0 unspecified atom stereocenters. The van der Waals surface area contributed by atoms with Crippen LogP contribution >= 0.6 is 0 Å². The SMILES string of the molecule is c1ccc(-c2ccc(N(c3ccccc3)c3ccc(-c4ccc5c(c4)oc4cnccc45)cc3)cc2)cc1. The maximum atomic E-state index is 6.06. The molecular formula is C35H24N2O. The van der Waals surface area contributed by atoms with Gasteiger partial charge in [0.25, 0.3) is 0 Å². The van der Waals surface area contributed by atoms with Crippen LogP contribution < -0.4 is 4.90 Å². The van der Waals surface area contributed by atoms with E-state index in [1.165, 1.54) is 11.1 Å². The average molecular weight is 489 g/mol. The third-order valence-electron chi connectivity index (χ3n) is 6.98. The lowest BCUT2D eigenvalue weighted by atomic mass is 10.0. The molecule has 2 heterocycles. The number of rotatable bonds is 5. The molecule has 0 aliphatic rings. The second kappa shape index (κ2) is 9.38. The number of furan rings is 1. The minimum Gasteiger partial charge on any atom is -0.454 e. The first-order valence-electron chi connectivity index (χ1n) is 12.7. The topological polar surface area (TPSA) is 29.3 Å². The fraction of sp³-hybridized carbons (Fsp3) is 0. The van der Waals surface area contributed by atoms with E-state index in [0.717, 1.165) is 50.1 Å². The van der Waals surface area contributed by atoms with Crippen LogP contribution in [-0.4, -0.2) is 4.98 Å². The summed E-state index contributed by atoms with van der Waals surface area (Å²) in [5.41, 5.74) is 9.69. The zero-order chi connectivity index (χ0) is 25.3. The Balaban J connectivity index is 1.25. The first-order chi connectivity index (χ1) is 18.8. The van der Waals surface area contributed by atoms with E-state index in [1.807, 2.05) is 18.2 Å². The maximum absolute atomic E-state index is 6.06. The fourth-order valence-electron chi connectivity index (χ4n) is 5.07. The quantitative estimate of drug-likeness (QED) is 0.241. The Labute approximate surface area is 221 Å². The van der Waals surface area contributed by atoms with Crippen LogP contribution in [0.5, 0.6) is 0 Å². The molecule has 180 valence electrons. The molecule has 0 amide bonds. The number of hydrogen-bond donors (Lipinski definition) is 0. The van der Waals surface area contributed by atoms with E-state index >= 15 is 0 Å². The Kier molecular flexibility index (Phi) is 5.45. The van der Waals surface area contributed by atoms with E-state index in [1.54, 1.807) is 12.4 Å². The molecule has 3 nitrogen and oxygen atoms in total. The smallest absolute Gasteiger partial charge is 0.153 e. The van der Waals surface area contributed by atoms with Gasteiger partial charge in [0.15, 0.2) is 5.58 Å². The van der Waals surface area contributed by atoms with E-state index < -0.39 is 0 Å². The Morgan fingerprint density at radius 3 is 1.66 bits per heavy atom. The van der Waals surface area contributed by atoms with Crippen molar-refractivity contribution < 1.29 is 4.42 Å². The molecule has 0 N–H and O–H groups in total. The van der Waals surface area contributed by atoms with E-state index in [-0.39, 0.29) is 0 Å². The molecule has 0 spiro atoms. The molecule has 2 aromatic heterocycles. The van der Waals surface area contributed by atoms with Gasteiger partial charge in [-0.3, -0.25) is 4.98 Å². The van der Waals surface area contributed by atoms with Gasteiger partial charge in [-0.1, -0.05) is 78.9 Å². The molecule has 0 aliphatic heterocycles. The normalized spacial score (nSPS) is 11.2. The number of hydrogen-bond acceptors (Lipinski definition) is 3. The Morgan fingerprint density at radius 1 is 0.447 bits per heavy atom. The number of benzene rings is 5. The van der Waals surface area contributed by atoms with Gasteiger partial charge < -0.3 is 9.32 Å². The number of nitrogens with zero attached hydrogens (tertiary/aromatic N) is 2. The molecule has 0 aliphatic carbocycles. The number of para-hydroxylation sites is 1. The third kappa shape index (κ3) is 4.00. The summed E-state index contributed by atoms with van der Waals surface area (Å²) in [6.07, 6.45) is 3.58. The van der Waals surface area contributed by atoms with Gasteiger partial charge in [0.2, 0.25) is 0 Å². The van der Waals surface area contributed by atoms with Crippen molar-refractivity contribution in [1.82, 2.24) is 4.98 Å². The summed E-state index contributed by atoms with van der Waals surface area (Å²) in [5.74, 6) is 0. The summed E-state index contributed by atoms with van der Waals surface area (Å²) in [4.78, 5) is 6.47. The largest absolute Gasteiger partial charge is 0.454 e. The molecular weight excluding hydrogens is 464 g/mol. The fourth-order valence-corrected chi connectivity index (χ4v) is 5.07. The van der Waals surface area contributed by atoms with E-state index in [0.29, 0.717) is 0 Å². The molecule has 5 aromatic carbocycles. The van der Waals surface area contributed by atoms with Crippen LogP contribution in [0.4, 0.5) is 17.1 Å². The highest BCUT2D eigenvalue weighted by molar-refractivity contribution is 6.05. The summed E-state index contributed by atoms with van der Waals surface area (Å²) >= 11 is 0. The monoisotopic (exact) mass is 488 g/mol. The van der Waals surface area contributed by atoms with Gasteiger partial charge in [0, 0.05) is 34.0 Å². The zero-order valence-electron chi connectivity index (χ0n) is 20.7. The zero-order valence-corrected chi connectivity index (χ0v) is 20.7. The van der Waals surface area contributed by atoms with Crippen molar-refractivity contribution in [2.24, 2.45) is 0 Å². The molecule has 38 heavy (non-hydrogen) atoms. The number of fused-ring (bicyclic) bond motifs is 3. The molecule has 0 radical (unpaired) electrons. The predicted octanol–water partition coefficient (Wildman–Crippen LogP) is 9.78. The van der Waals surface area contributed by atoms with Crippen molar-refractivity contribution in [1.29, 1.82) is 0 Å². The summed E-state index contributed by atoms with van der Waals surface area (Å²) < 4.78 is 6.06. The summed E-state index contributed by atoms with van der Waals surface area (Å²) in [6.45, 7) is 0. The molecule has 0 saturated heterocycles. The van der Waals surface area contributed by atoms with Gasteiger partial charge in [0.1, 0.15) is 5.58 Å². The van der Waals surface area contributed by atoms with Gasteiger partial charge in [-0.2, -0.15) is 0 Å². The van der Waals surface area contributed by atoms with E-state index in [2.05, 4.69) is 125 Å². The van der Waals surface area contributed by atoms with Gasteiger partial charge in [-0.15, -0.1) is 0 Å². The Morgan fingerprint density at radius 2 is 0.974 bits per heavy atom. The van der Waals surface area contributed by atoms with Gasteiger partial charge in [0.05, 0.1) is 6.20 Å². The maximum Gasteiger partial charge on any atom is 0.153 e. The van der Waals surface area contributed by atoms with Crippen molar-refractivity contribution in [2.75, 3.05) is 4.90 Å². The molecule has 7 rings (SSSR count). The summed E-state index contributed by atoms with van der Waals surface area (Å²) in [5, 5.41) is 2.20. The number of pyridine rings is 1. The summed E-state index contributed by atoms with van der Waals surface area (Å²) in [6, 6.07) is 46.8. The summed E-state index contributed by atoms with van der Waals surface area (Å²) in [7, 11) is 0. The molecule has 0 fully saturated rings. The van der Waals surface area contributed by atoms with E-state index in [4.69, 9.17) is 4.42 Å². The minimum absolute atomic E-state index is 0.812. The van der Waals surface area contributed by atoms with Crippen molar-refractivity contribution in [3.8, 4) is 22.3 Å². The molecule has 7 aromatic rings. The predicted molar refractivity (Wildman–Crippen MR) is 157 cm³/mol. The second-order valence-corrected chi connectivity index (χ2v) is 9.32. The first kappa shape index (κ1) is 22.1.